The van der Waals surface area contributed by atoms with Crippen molar-refractivity contribution in [3.8, 4) is 0 Å². The summed E-state index contributed by atoms with van der Waals surface area (Å²) in [6, 6.07) is 0. The fourth-order valence-corrected chi connectivity index (χ4v) is 2.65. The number of carbonyl (C=O) groups excluding carboxylic acids is 4. The summed E-state index contributed by atoms with van der Waals surface area (Å²) in [5.74, 6) is -1.54. The Morgan fingerprint density at radius 2 is 0.744 bits per heavy atom. The SMILES string of the molecule is C=CC(=O)NCOCCOCC(COCCOCNC(=O)C=C)(COCCOCNC(=O)C=C)COOCNC(=O)C=C. The van der Waals surface area contributed by atoms with Crippen LogP contribution in [0.25, 0.3) is 0 Å². The molecule has 0 rings (SSSR count). The molecular formula is C27H44N4O12. The van der Waals surface area contributed by atoms with Crippen molar-refractivity contribution < 1.29 is 57.4 Å². The van der Waals surface area contributed by atoms with Gasteiger partial charge in [0.05, 0.1) is 71.5 Å². The second-order valence-corrected chi connectivity index (χ2v) is 8.32. The predicted octanol–water partition coefficient (Wildman–Crippen LogP) is -0.941. The summed E-state index contributed by atoms with van der Waals surface area (Å²) >= 11 is 0. The fraction of sp³-hybridized carbons (Fsp3) is 0.556. The third-order valence-electron chi connectivity index (χ3n) is 4.88. The lowest BCUT2D eigenvalue weighted by molar-refractivity contribution is -0.321. The molecule has 0 aromatic carbocycles. The molecule has 0 bridgehead atoms. The Morgan fingerprint density at radius 3 is 1.07 bits per heavy atom. The van der Waals surface area contributed by atoms with E-state index in [0.717, 1.165) is 24.3 Å². The van der Waals surface area contributed by atoms with Crippen molar-refractivity contribution >= 4 is 23.6 Å². The van der Waals surface area contributed by atoms with E-state index >= 15 is 0 Å². The van der Waals surface area contributed by atoms with Gasteiger partial charge >= 0.3 is 0 Å². The molecule has 0 fully saturated rings. The largest absolute Gasteiger partial charge is 0.378 e. The van der Waals surface area contributed by atoms with Gasteiger partial charge in [0.25, 0.3) is 0 Å². The van der Waals surface area contributed by atoms with E-state index in [1.165, 1.54) is 0 Å². The van der Waals surface area contributed by atoms with Crippen molar-refractivity contribution in [2.75, 3.05) is 93.0 Å². The maximum absolute atomic E-state index is 11.3. The van der Waals surface area contributed by atoms with Gasteiger partial charge in [-0.15, -0.1) is 0 Å². The summed E-state index contributed by atoms with van der Waals surface area (Å²) in [5.41, 5.74) is -0.909. The van der Waals surface area contributed by atoms with Crippen LogP contribution < -0.4 is 21.3 Å². The van der Waals surface area contributed by atoms with Crippen molar-refractivity contribution in [2.45, 2.75) is 0 Å². The molecule has 0 atom stereocenters. The highest BCUT2D eigenvalue weighted by Crippen LogP contribution is 2.21. The van der Waals surface area contributed by atoms with Gasteiger partial charge in [-0.1, -0.05) is 26.3 Å². The number of hydrogen-bond donors (Lipinski definition) is 4. The Hall–Kier alpha value is -3.48. The van der Waals surface area contributed by atoms with Crippen LogP contribution in [0.3, 0.4) is 0 Å². The van der Waals surface area contributed by atoms with Crippen LogP contribution in [0.4, 0.5) is 0 Å². The first-order valence-electron chi connectivity index (χ1n) is 13.1. The van der Waals surface area contributed by atoms with Gasteiger partial charge in [0.1, 0.15) is 20.2 Å². The van der Waals surface area contributed by atoms with Crippen molar-refractivity contribution in [1.82, 2.24) is 21.3 Å². The van der Waals surface area contributed by atoms with E-state index in [0.29, 0.717) is 0 Å². The zero-order valence-corrected chi connectivity index (χ0v) is 24.4. The Labute approximate surface area is 251 Å². The van der Waals surface area contributed by atoms with Crippen LogP contribution in [0.15, 0.2) is 50.6 Å². The minimum Gasteiger partial charge on any atom is -0.378 e. The predicted molar refractivity (Wildman–Crippen MR) is 153 cm³/mol. The molecule has 0 radical (unpaired) electrons. The number of nitrogens with one attached hydrogen (secondary N) is 4. The Kier molecular flexibility index (Phi) is 25.1. The number of amides is 4. The molecule has 0 aliphatic carbocycles. The van der Waals surface area contributed by atoms with Crippen molar-refractivity contribution in [1.29, 1.82) is 0 Å². The zero-order valence-electron chi connectivity index (χ0n) is 24.4. The van der Waals surface area contributed by atoms with Crippen molar-refractivity contribution in [2.24, 2.45) is 5.41 Å². The van der Waals surface area contributed by atoms with Gasteiger partial charge in [-0.25, -0.2) is 9.78 Å². The second-order valence-electron chi connectivity index (χ2n) is 8.32. The van der Waals surface area contributed by atoms with E-state index in [9.17, 15) is 19.2 Å². The second kappa shape index (κ2) is 27.4. The molecule has 0 aliphatic rings. The molecule has 0 saturated carbocycles. The van der Waals surface area contributed by atoms with Gasteiger partial charge in [-0.3, -0.25) is 19.2 Å². The summed E-state index contributed by atoms with van der Waals surface area (Å²) in [6.07, 6.45) is 4.47. The molecule has 244 valence electrons. The summed E-state index contributed by atoms with van der Waals surface area (Å²) in [5, 5.41) is 9.86. The number of rotatable bonds is 30. The highest BCUT2D eigenvalue weighted by atomic mass is 17.2. The van der Waals surface area contributed by atoms with E-state index < -0.39 is 11.3 Å². The molecule has 0 spiro atoms. The minimum atomic E-state index is -0.909. The Balaban J connectivity index is 5.05. The molecule has 0 aromatic rings. The molecule has 16 heteroatoms. The normalized spacial score (nSPS) is 10.8. The first-order chi connectivity index (χ1) is 20.8. The summed E-state index contributed by atoms with van der Waals surface area (Å²) in [6.45, 7) is 14.3. The maximum Gasteiger partial charge on any atom is 0.245 e. The van der Waals surface area contributed by atoms with E-state index in [1.54, 1.807) is 0 Å². The molecule has 0 aromatic heterocycles. The lowest BCUT2D eigenvalue weighted by atomic mass is 9.92. The monoisotopic (exact) mass is 616 g/mol. The topological polar surface area (TPSA) is 190 Å². The molecule has 0 saturated heterocycles. The molecule has 4 amide bonds. The molecular weight excluding hydrogens is 572 g/mol. The number of carbonyl (C=O) groups is 4. The molecule has 16 nitrogen and oxygen atoms in total. The van der Waals surface area contributed by atoms with Gasteiger partial charge in [0.2, 0.25) is 23.6 Å². The van der Waals surface area contributed by atoms with E-state index in [4.69, 9.17) is 38.2 Å². The fourth-order valence-electron chi connectivity index (χ4n) is 2.65. The van der Waals surface area contributed by atoms with Gasteiger partial charge in [-0.2, -0.15) is 0 Å². The Bertz CT molecular complexity index is 772. The lowest BCUT2D eigenvalue weighted by Gasteiger charge is -2.32. The first kappa shape index (κ1) is 39.5. The third-order valence-corrected chi connectivity index (χ3v) is 4.88. The third kappa shape index (κ3) is 23.7. The minimum absolute atomic E-state index is 0.0144. The highest BCUT2D eigenvalue weighted by Gasteiger charge is 2.33. The smallest absolute Gasteiger partial charge is 0.245 e. The van der Waals surface area contributed by atoms with Gasteiger partial charge in [0.15, 0.2) is 6.73 Å². The van der Waals surface area contributed by atoms with Gasteiger partial charge in [-0.05, 0) is 24.3 Å². The number of hydrogen-bond acceptors (Lipinski definition) is 12. The first-order valence-corrected chi connectivity index (χ1v) is 13.1. The zero-order chi connectivity index (χ0) is 32.0. The van der Waals surface area contributed by atoms with Crippen LogP contribution >= 0.6 is 0 Å². The molecule has 43 heavy (non-hydrogen) atoms. The molecule has 0 unspecified atom stereocenters. The quantitative estimate of drug-likeness (QED) is 0.0255. The van der Waals surface area contributed by atoms with E-state index in [1.807, 2.05) is 0 Å². The highest BCUT2D eigenvalue weighted by molar-refractivity contribution is 5.87. The standard InChI is InChI=1S/C27H44N4O12/c1-5-23(32)28-19-39-12-9-36-15-27(18-42-43-22-31-26(35)8-4,16-37-10-13-40-20-29-24(33)6-2)17-38-11-14-41-21-30-25(34)7-3/h5-8H,1-4,9-22H2,(H,28,32)(H,29,33)(H,30,34)(H,31,35). The molecule has 4 N–H and O–H groups in total. The average molecular weight is 617 g/mol. The van der Waals surface area contributed by atoms with Crippen LogP contribution in [0.5, 0.6) is 0 Å². The molecule has 0 aliphatic heterocycles. The van der Waals surface area contributed by atoms with Crippen LogP contribution in [0.2, 0.25) is 0 Å². The van der Waals surface area contributed by atoms with Crippen molar-refractivity contribution in [3.05, 3.63) is 50.6 Å². The van der Waals surface area contributed by atoms with Gasteiger partial charge in [0, 0.05) is 0 Å². The van der Waals surface area contributed by atoms with Crippen molar-refractivity contribution in [3.63, 3.8) is 0 Å². The number of ether oxygens (including phenoxy) is 6. The maximum atomic E-state index is 11.3. The summed E-state index contributed by atoms with van der Waals surface area (Å²) in [7, 11) is 0. The molecule has 0 heterocycles. The average Bonchev–Trinajstić information content (AvgIpc) is 3.02. The van der Waals surface area contributed by atoms with E-state index in [2.05, 4.69) is 47.6 Å². The van der Waals surface area contributed by atoms with Crippen LogP contribution in [-0.4, -0.2) is 117 Å². The van der Waals surface area contributed by atoms with Crippen LogP contribution in [-0.2, 0) is 57.4 Å². The lowest BCUT2D eigenvalue weighted by Crippen LogP contribution is -2.43. The van der Waals surface area contributed by atoms with E-state index in [-0.39, 0.29) is 111 Å². The van der Waals surface area contributed by atoms with Gasteiger partial charge < -0.3 is 49.7 Å². The summed E-state index contributed by atoms with van der Waals surface area (Å²) < 4.78 is 33.3. The van der Waals surface area contributed by atoms with Crippen LogP contribution in [0, 0.1) is 5.41 Å². The van der Waals surface area contributed by atoms with Crippen LogP contribution in [0.1, 0.15) is 0 Å². The Morgan fingerprint density at radius 1 is 0.442 bits per heavy atom. The summed E-state index contributed by atoms with van der Waals surface area (Å²) in [4.78, 5) is 55.4.